The molecule has 0 N–H and O–H groups in total. The summed E-state index contributed by atoms with van der Waals surface area (Å²) >= 11 is 3.42. The molecule has 7 heteroatoms. The van der Waals surface area contributed by atoms with Crippen molar-refractivity contribution in [3.63, 3.8) is 0 Å². The van der Waals surface area contributed by atoms with Crippen LogP contribution in [0.2, 0.25) is 0 Å². The first-order valence-corrected chi connectivity index (χ1v) is 10.7. The van der Waals surface area contributed by atoms with Crippen molar-refractivity contribution >= 4 is 31.6 Å². The summed E-state index contributed by atoms with van der Waals surface area (Å²) in [4.78, 5) is 0.183. The molecular weight excluding hydrogens is 442 g/mol. The van der Waals surface area contributed by atoms with E-state index in [-0.39, 0.29) is 11.4 Å². The molecule has 0 spiro atoms. The fourth-order valence-electron chi connectivity index (χ4n) is 2.81. The Labute approximate surface area is 173 Å². The van der Waals surface area contributed by atoms with E-state index in [9.17, 15) is 8.42 Å². The Morgan fingerprint density at radius 1 is 0.893 bits per heavy atom. The Balaban J connectivity index is 2.09. The van der Waals surface area contributed by atoms with E-state index in [4.69, 9.17) is 9.47 Å². The summed E-state index contributed by atoms with van der Waals surface area (Å²) in [5.41, 5.74) is 1.32. The number of para-hydroxylation sites is 1. The van der Waals surface area contributed by atoms with Gasteiger partial charge in [0.15, 0.2) is 0 Å². The van der Waals surface area contributed by atoms with Gasteiger partial charge in [-0.1, -0.05) is 40.2 Å². The zero-order valence-corrected chi connectivity index (χ0v) is 17.9. The minimum Gasteiger partial charge on any atom is -0.497 e. The summed E-state index contributed by atoms with van der Waals surface area (Å²) in [5, 5.41) is 0. The van der Waals surface area contributed by atoms with Gasteiger partial charge in [0.25, 0.3) is 10.0 Å². The standard InChI is InChI=1S/C21H20BrNO4S/c1-26-19-10-12-20(13-11-19)28(24,25)23(18-8-5-7-17(22)14-18)15-16-6-3-4-9-21(16)27-2/h3-14H,15H2,1-2H3. The topological polar surface area (TPSA) is 55.8 Å². The van der Waals surface area contributed by atoms with Crippen LogP contribution in [0, 0.1) is 0 Å². The lowest BCUT2D eigenvalue weighted by Crippen LogP contribution is -2.30. The maximum absolute atomic E-state index is 13.5. The summed E-state index contributed by atoms with van der Waals surface area (Å²) < 4.78 is 39.7. The molecule has 0 aromatic heterocycles. The smallest absolute Gasteiger partial charge is 0.264 e. The van der Waals surface area contributed by atoms with E-state index in [1.165, 1.54) is 4.31 Å². The van der Waals surface area contributed by atoms with E-state index in [0.29, 0.717) is 17.2 Å². The summed E-state index contributed by atoms with van der Waals surface area (Å²) in [7, 11) is -0.707. The molecule has 0 fully saturated rings. The van der Waals surface area contributed by atoms with Crippen LogP contribution in [0.15, 0.2) is 82.2 Å². The first-order valence-electron chi connectivity index (χ1n) is 8.50. The molecule has 0 aliphatic heterocycles. The van der Waals surface area contributed by atoms with E-state index in [1.807, 2.05) is 30.3 Å². The normalized spacial score (nSPS) is 11.1. The molecular formula is C21H20BrNO4S. The highest BCUT2D eigenvalue weighted by Gasteiger charge is 2.26. The molecule has 0 atom stereocenters. The second kappa shape index (κ2) is 8.67. The highest BCUT2D eigenvalue weighted by Crippen LogP contribution is 2.31. The van der Waals surface area contributed by atoms with Gasteiger partial charge in [0.1, 0.15) is 11.5 Å². The lowest BCUT2D eigenvalue weighted by molar-refractivity contribution is 0.410. The van der Waals surface area contributed by atoms with Gasteiger partial charge in [-0.2, -0.15) is 0 Å². The van der Waals surface area contributed by atoms with Crippen LogP contribution in [0.1, 0.15) is 5.56 Å². The zero-order chi connectivity index (χ0) is 20.1. The number of methoxy groups -OCH3 is 2. The van der Waals surface area contributed by atoms with Gasteiger partial charge in [0.05, 0.1) is 31.3 Å². The van der Waals surface area contributed by atoms with Gasteiger partial charge >= 0.3 is 0 Å². The van der Waals surface area contributed by atoms with Crippen molar-refractivity contribution in [1.82, 2.24) is 0 Å². The molecule has 146 valence electrons. The minimum absolute atomic E-state index is 0.134. The Morgan fingerprint density at radius 3 is 2.25 bits per heavy atom. The molecule has 0 aliphatic rings. The lowest BCUT2D eigenvalue weighted by atomic mass is 10.2. The molecule has 0 saturated carbocycles. The monoisotopic (exact) mass is 461 g/mol. The van der Waals surface area contributed by atoms with Crippen molar-refractivity contribution in [2.75, 3.05) is 18.5 Å². The fourth-order valence-corrected chi connectivity index (χ4v) is 4.63. The number of hydrogen-bond acceptors (Lipinski definition) is 4. The van der Waals surface area contributed by atoms with Gasteiger partial charge in [-0.05, 0) is 48.5 Å². The van der Waals surface area contributed by atoms with E-state index < -0.39 is 10.0 Å². The van der Waals surface area contributed by atoms with Crippen LogP contribution >= 0.6 is 15.9 Å². The minimum atomic E-state index is -3.82. The van der Waals surface area contributed by atoms with Gasteiger partial charge in [0, 0.05) is 10.0 Å². The molecule has 0 radical (unpaired) electrons. The average Bonchev–Trinajstić information content (AvgIpc) is 2.72. The first-order chi connectivity index (χ1) is 13.5. The number of ether oxygens (including phenoxy) is 2. The lowest BCUT2D eigenvalue weighted by Gasteiger charge is -2.25. The molecule has 3 aromatic carbocycles. The Hall–Kier alpha value is -2.51. The van der Waals surface area contributed by atoms with Crippen LogP contribution in [0.4, 0.5) is 5.69 Å². The highest BCUT2D eigenvalue weighted by molar-refractivity contribution is 9.10. The van der Waals surface area contributed by atoms with E-state index >= 15 is 0 Å². The van der Waals surface area contributed by atoms with Crippen molar-refractivity contribution in [2.24, 2.45) is 0 Å². The summed E-state index contributed by atoms with van der Waals surface area (Å²) in [6.07, 6.45) is 0. The quantitative estimate of drug-likeness (QED) is 0.503. The van der Waals surface area contributed by atoms with Gasteiger partial charge in [-0.25, -0.2) is 8.42 Å². The number of anilines is 1. The van der Waals surface area contributed by atoms with Crippen molar-refractivity contribution < 1.29 is 17.9 Å². The van der Waals surface area contributed by atoms with E-state index in [1.54, 1.807) is 56.7 Å². The summed E-state index contributed by atoms with van der Waals surface area (Å²) in [6, 6.07) is 20.9. The van der Waals surface area contributed by atoms with E-state index in [0.717, 1.165) is 10.0 Å². The molecule has 0 unspecified atom stereocenters. The Kier molecular flexibility index (Phi) is 6.26. The van der Waals surface area contributed by atoms with Gasteiger partial charge in [-0.3, -0.25) is 4.31 Å². The molecule has 28 heavy (non-hydrogen) atoms. The molecule has 5 nitrogen and oxygen atoms in total. The van der Waals surface area contributed by atoms with Crippen LogP contribution < -0.4 is 13.8 Å². The maximum atomic E-state index is 13.5. The van der Waals surface area contributed by atoms with Crippen molar-refractivity contribution in [3.8, 4) is 11.5 Å². The molecule has 0 amide bonds. The number of benzene rings is 3. The van der Waals surface area contributed by atoms with Crippen LogP contribution in [0.5, 0.6) is 11.5 Å². The fraction of sp³-hybridized carbons (Fsp3) is 0.143. The molecule has 0 heterocycles. The van der Waals surface area contributed by atoms with Gasteiger partial charge in [-0.15, -0.1) is 0 Å². The Bertz CT molecular complexity index is 1050. The third kappa shape index (κ3) is 4.31. The van der Waals surface area contributed by atoms with E-state index in [2.05, 4.69) is 15.9 Å². The third-order valence-corrected chi connectivity index (χ3v) is 6.53. The molecule has 3 aromatic rings. The number of halogens is 1. The van der Waals surface area contributed by atoms with Gasteiger partial charge in [0.2, 0.25) is 0 Å². The van der Waals surface area contributed by atoms with Crippen LogP contribution in [-0.2, 0) is 16.6 Å². The van der Waals surface area contributed by atoms with Crippen LogP contribution in [-0.4, -0.2) is 22.6 Å². The predicted octanol–water partition coefficient (Wildman–Crippen LogP) is 4.86. The van der Waals surface area contributed by atoms with Gasteiger partial charge < -0.3 is 9.47 Å². The number of sulfonamides is 1. The van der Waals surface area contributed by atoms with Crippen molar-refractivity contribution in [1.29, 1.82) is 0 Å². The predicted molar refractivity (Wildman–Crippen MR) is 113 cm³/mol. The maximum Gasteiger partial charge on any atom is 0.264 e. The second-order valence-electron chi connectivity index (χ2n) is 5.98. The number of nitrogens with zero attached hydrogens (tertiary/aromatic N) is 1. The highest BCUT2D eigenvalue weighted by atomic mass is 79.9. The number of hydrogen-bond donors (Lipinski definition) is 0. The van der Waals surface area contributed by atoms with Crippen molar-refractivity contribution in [3.05, 3.63) is 82.8 Å². The summed E-state index contributed by atoms with van der Waals surface area (Å²) in [6.45, 7) is 0.134. The molecule has 0 aliphatic carbocycles. The molecule has 0 bridgehead atoms. The SMILES string of the molecule is COc1ccc(S(=O)(=O)N(Cc2ccccc2OC)c2cccc(Br)c2)cc1. The second-order valence-corrected chi connectivity index (χ2v) is 8.76. The Morgan fingerprint density at radius 2 is 1.61 bits per heavy atom. The summed E-state index contributed by atoms with van der Waals surface area (Å²) in [5.74, 6) is 1.23. The largest absolute Gasteiger partial charge is 0.497 e. The number of rotatable bonds is 7. The third-order valence-electron chi connectivity index (χ3n) is 4.25. The average molecular weight is 462 g/mol. The first kappa shape index (κ1) is 20.2. The molecule has 3 rings (SSSR count). The molecule has 0 saturated heterocycles. The zero-order valence-electron chi connectivity index (χ0n) is 15.5. The van der Waals surface area contributed by atoms with Crippen molar-refractivity contribution in [2.45, 2.75) is 11.4 Å². The van der Waals surface area contributed by atoms with Crippen LogP contribution in [0.25, 0.3) is 0 Å². The van der Waals surface area contributed by atoms with Crippen LogP contribution in [0.3, 0.4) is 0 Å².